The minimum Gasteiger partial charge on any atom is -0.330 e. The maximum Gasteiger partial charge on any atom is 0.127 e. The highest BCUT2D eigenvalue weighted by Crippen LogP contribution is 2.27. The van der Waals surface area contributed by atoms with Crippen LogP contribution >= 0.6 is 11.6 Å². The zero-order chi connectivity index (χ0) is 12.3. The van der Waals surface area contributed by atoms with Crippen molar-refractivity contribution in [1.29, 1.82) is 0 Å². The predicted molar refractivity (Wildman–Crippen MR) is 68.7 cm³/mol. The van der Waals surface area contributed by atoms with E-state index in [1.807, 2.05) is 30.3 Å². The number of hydrogen-bond acceptors (Lipinski definition) is 1. The molecule has 0 radical (unpaired) electrons. The monoisotopic (exact) mass is 249 g/mol. The molecule has 2 aromatic carbocycles. The van der Waals surface area contributed by atoms with Crippen LogP contribution in [-0.4, -0.2) is 6.54 Å². The molecule has 0 saturated heterocycles. The second kappa shape index (κ2) is 5.30. The van der Waals surface area contributed by atoms with E-state index in [0.717, 1.165) is 5.56 Å². The van der Waals surface area contributed by atoms with Gasteiger partial charge in [0.2, 0.25) is 0 Å². The van der Waals surface area contributed by atoms with Gasteiger partial charge in [0.25, 0.3) is 0 Å². The van der Waals surface area contributed by atoms with Crippen molar-refractivity contribution in [3.63, 3.8) is 0 Å². The van der Waals surface area contributed by atoms with E-state index in [1.54, 1.807) is 12.1 Å². The van der Waals surface area contributed by atoms with Crippen LogP contribution in [0.15, 0.2) is 48.5 Å². The first-order valence-corrected chi connectivity index (χ1v) is 5.80. The highest BCUT2D eigenvalue weighted by atomic mass is 35.5. The summed E-state index contributed by atoms with van der Waals surface area (Å²) in [5, 5.41) is 0.524. The van der Waals surface area contributed by atoms with Crippen LogP contribution in [0.2, 0.25) is 5.02 Å². The lowest BCUT2D eigenvalue weighted by atomic mass is 9.91. The summed E-state index contributed by atoms with van der Waals surface area (Å²) in [5.74, 6) is -0.427. The fourth-order valence-corrected chi connectivity index (χ4v) is 2.09. The standard InChI is InChI=1S/C14H13ClFN/c15-11-6-7-14(16)12(8-11)13(9-17)10-4-2-1-3-5-10/h1-8,13H,9,17H2. The molecule has 1 unspecified atom stereocenters. The fraction of sp³-hybridized carbons (Fsp3) is 0.143. The summed E-state index contributed by atoms with van der Waals surface area (Å²) in [5.41, 5.74) is 7.29. The van der Waals surface area contributed by atoms with E-state index >= 15 is 0 Å². The number of rotatable bonds is 3. The maximum absolute atomic E-state index is 13.8. The summed E-state index contributed by atoms with van der Waals surface area (Å²) in [4.78, 5) is 0. The molecule has 2 N–H and O–H groups in total. The Labute approximate surface area is 105 Å². The Morgan fingerprint density at radius 2 is 1.82 bits per heavy atom. The number of halogens is 2. The lowest BCUT2D eigenvalue weighted by Crippen LogP contribution is -2.15. The van der Waals surface area contributed by atoms with Crippen molar-refractivity contribution >= 4 is 11.6 Å². The zero-order valence-electron chi connectivity index (χ0n) is 9.24. The SMILES string of the molecule is NCC(c1ccccc1)c1cc(Cl)ccc1F. The van der Waals surface area contributed by atoms with Gasteiger partial charge in [-0.25, -0.2) is 4.39 Å². The van der Waals surface area contributed by atoms with E-state index < -0.39 is 0 Å². The second-order valence-corrected chi connectivity index (χ2v) is 4.30. The average molecular weight is 250 g/mol. The van der Waals surface area contributed by atoms with Crippen molar-refractivity contribution in [3.8, 4) is 0 Å². The first-order valence-electron chi connectivity index (χ1n) is 5.42. The Morgan fingerprint density at radius 1 is 1.12 bits per heavy atom. The molecule has 2 aromatic rings. The van der Waals surface area contributed by atoms with Crippen LogP contribution in [0.4, 0.5) is 4.39 Å². The zero-order valence-corrected chi connectivity index (χ0v) is 9.99. The van der Waals surface area contributed by atoms with Crippen LogP contribution < -0.4 is 5.73 Å². The van der Waals surface area contributed by atoms with E-state index in [4.69, 9.17) is 17.3 Å². The fourth-order valence-electron chi connectivity index (χ4n) is 1.91. The molecule has 17 heavy (non-hydrogen) atoms. The van der Waals surface area contributed by atoms with Gasteiger partial charge in [0.05, 0.1) is 0 Å². The van der Waals surface area contributed by atoms with Gasteiger partial charge >= 0.3 is 0 Å². The van der Waals surface area contributed by atoms with Gasteiger partial charge in [0, 0.05) is 17.5 Å². The van der Waals surface area contributed by atoms with Gasteiger partial charge in [-0.3, -0.25) is 0 Å². The predicted octanol–water partition coefficient (Wildman–Crippen LogP) is 3.57. The summed E-state index contributed by atoms with van der Waals surface area (Å²) in [7, 11) is 0. The summed E-state index contributed by atoms with van der Waals surface area (Å²) in [6, 6.07) is 14.2. The normalized spacial score (nSPS) is 12.4. The van der Waals surface area contributed by atoms with Gasteiger partial charge in [-0.1, -0.05) is 41.9 Å². The van der Waals surface area contributed by atoms with Crippen LogP contribution in [-0.2, 0) is 0 Å². The summed E-state index contributed by atoms with van der Waals surface area (Å²) in [6.45, 7) is 0.348. The summed E-state index contributed by atoms with van der Waals surface area (Å²) >= 11 is 5.90. The molecular weight excluding hydrogens is 237 g/mol. The molecule has 1 atom stereocenters. The second-order valence-electron chi connectivity index (χ2n) is 3.86. The topological polar surface area (TPSA) is 26.0 Å². The van der Waals surface area contributed by atoms with Gasteiger partial charge < -0.3 is 5.73 Å². The highest BCUT2D eigenvalue weighted by Gasteiger charge is 2.16. The number of nitrogens with two attached hydrogens (primary N) is 1. The maximum atomic E-state index is 13.8. The first kappa shape index (κ1) is 12.1. The number of benzene rings is 2. The molecule has 0 aliphatic rings. The molecule has 0 heterocycles. The van der Waals surface area contributed by atoms with Crippen LogP contribution in [0.1, 0.15) is 17.0 Å². The molecule has 3 heteroatoms. The van der Waals surface area contributed by atoms with Crippen molar-refractivity contribution in [2.75, 3.05) is 6.54 Å². The Balaban J connectivity index is 2.46. The van der Waals surface area contributed by atoms with Crippen molar-refractivity contribution < 1.29 is 4.39 Å². The molecule has 0 aromatic heterocycles. The van der Waals surface area contributed by atoms with Crippen molar-refractivity contribution in [2.24, 2.45) is 5.73 Å². The summed E-state index contributed by atoms with van der Waals surface area (Å²) < 4.78 is 13.8. The van der Waals surface area contributed by atoms with E-state index in [9.17, 15) is 4.39 Å². The minimum absolute atomic E-state index is 0.158. The van der Waals surface area contributed by atoms with Crippen molar-refractivity contribution in [3.05, 3.63) is 70.5 Å². The highest BCUT2D eigenvalue weighted by molar-refractivity contribution is 6.30. The largest absolute Gasteiger partial charge is 0.330 e. The van der Waals surface area contributed by atoms with E-state index in [1.165, 1.54) is 6.07 Å². The van der Waals surface area contributed by atoms with Gasteiger partial charge in [-0.15, -0.1) is 0 Å². The van der Waals surface area contributed by atoms with Gasteiger partial charge in [0.1, 0.15) is 5.82 Å². The third kappa shape index (κ3) is 2.65. The third-order valence-electron chi connectivity index (χ3n) is 2.77. The van der Waals surface area contributed by atoms with Crippen LogP contribution in [0.25, 0.3) is 0 Å². The Hall–Kier alpha value is -1.38. The van der Waals surface area contributed by atoms with Crippen molar-refractivity contribution in [2.45, 2.75) is 5.92 Å². The Bertz CT molecular complexity index is 499. The van der Waals surface area contributed by atoms with E-state index in [2.05, 4.69) is 0 Å². The van der Waals surface area contributed by atoms with Crippen LogP contribution in [0.5, 0.6) is 0 Å². The Kier molecular flexibility index (Phi) is 3.77. The Morgan fingerprint density at radius 3 is 2.47 bits per heavy atom. The van der Waals surface area contributed by atoms with Gasteiger partial charge in [-0.05, 0) is 29.3 Å². The minimum atomic E-state index is -0.270. The molecule has 0 aliphatic heterocycles. The first-order chi connectivity index (χ1) is 8.22. The molecule has 0 amide bonds. The van der Waals surface area contributed by atoms with Gasteiger partial charge in [-0.2, -0.15) is 0 Å². The average Bonchev–Trinajstić information content (AvgIpc) is 2.36. The van der Waals surface area contributed by atoms with Crippen LogP contribution in [0.3, 0.4) is 0 Å². The lowest BCUT2D eigenvalue weighted by molar-refractivity contribution is 0.597. The molecule has 0 aliphatic carbocycles. The molecule has 0 saturated carbocycles. The lowest BCUT2D eigenvalue weighted by Gasteiger charge is -2.16. The summed E-state index contributed by atoms with van der Waals surface area (Å²) in [6.07, 6.45) is 0. The smallest absolute Gasteiger partial charge is 0.127 e. The third-order valence-corrected chi connectivity index (χ3v) is 3.01. The molecule has 0 bridgehead atoms. The van der Waals surface area contributed by atoms with Crippen LogP contribution in [0, 0.1) is 5.82 Å². The number of hydrogen-bond donors (Lipinski definition) is 1. The van der Waals surface area contributed by atoms with Crippen molar-refractivity contribution in [1.82, 2.24) is 0 Å². The van der Waals surface area contributed by atoms with Gasteiger partial charge in [0.15, 0.2) is 0 Å². The molecule has 2 rings (SSSR count). The molecule has 1 nitrogen and oxygen atoms in total. The molecular formula is C14H13ClFN. The van der Waals surface area contributed by atoms with E-state index in [-0.39, 0.29) is 11.7 Å². The quantitative estimate of drug-likeness (QED) is 0.884. The molecule has 0 fully saturated rings. The van der Waals surface area contributed by atoms with E-state index in [0.29, 0.717) is 17.1 Å². The molecule has 88 valence electrons. The molecule has 0 spiro atoms.